The molecule has 0 aliphatic heterocycles. The van der Waals surface area contributed by atoms with E-state index in [0.29, 0.717) is 30.3 Å². The number of esters is 1. The molecule has 0 aliphatic carbocycles. The molecule has 0 amide bonds. The molecule has 0 bridgehead atoms. The number of hydrogen-bond acceptors (Lipinski definition) is 4. The van der Waals surface area contributed by atoms with Crippen LogP contribution in [-0.4, -0.2) is 19.2 Å². The van der Waals surface area contributed by atoms with Crippen molar-refractivity contribution in [3.8, 4) is 11.5 Å². The van der Waals surface area contributed by atoms with Crippen LogP contribution in [0.5, 0.6) is 11.5 Å². The number of benzene rings is 2. The van der Waals surface area contributed by atoms with E-state index in [-0.39, 0.29) is 12.1 Å². The van der Waals surface area contributed by atoms with Crippen LogP contribution in [0.15, 0.2) is 48.5 Å². The lowest BCUT2D eigenvalue weighted by molar-refractivity contribution is 0.0723. The van der Waals surface area contributed by atoms with Gasteiger partial charge in [-0.05, 0) is 50.1 Å². The first-order chi connectivity index (χ1) is 17.7. The summed E-state index contributed by atoms with van der Waals surface area (Å²) in [5, 5.41) is 0. The van der Waals surface area contributed by atoms with Gasteiger partial charge >= 0.3 is 5.97 Å². The fourth-order valence-electron chi connectivity index (χ4n) is 4.35. The molecule has 4 nitrogen and oxygen atoms in total. The minimum absolute atomic E-state index is 0.000646. The Balaban J connectivity index is 1.62. The molecule has 2 aromatic carbocycles. The zero-order chi connectivity index (χ0) is 25.8. The number of unbranched alkanes of at least 4 members (excludes halogenated alkanes) is 12. The first kappa shape index (κ1) is 29.9. The Morgan fingerprint density at radius 1 is 0.694 bits per heavy atom. The fourth-order valence-corrected chi connectivity index (χ4v) is 4.35. The smallest absolute Gasteiger partial charge is 0.343 e. The average Bonchev–Trinajstić information content (AvgIpc) is 2.90. The van der Waals surface area contributed by atoms with E-state index in [2.05, 4.69) is 6.92 Å². The van der Waals surface area contributed by atoms with Crippen molar-refractivity contribution in [1.82, 2.24) is 0 Å². The lowest BCUT2D eigenvalue weighted by atomic mass is 10.0. The predicted molar refractivity (Wildman–Crippen MR) is 149 cm³/mol. The third-order valence-corrected chi connectivity index (χ3v) is 6.59. The molecule has 0 spiro atoms. The number of rotatable bonds is 20. The molecule has 0 aliphatic rings. The molecule has 0 heterocycles. The summed E-state index contributed by atoms with van der Waals surface area (Å²) in [6.45, 7) is 7.54. The van der Waals surface area contributed by atoms with Crippen LogP contribution in [0, 0.1) is 0 Å². The van der Waals surface area contributed by atoms with Crippen molar-refractivity contribution in [3.63, 3.8) is 0 Å². The van der Waals surface area contributed by atoms with E-state index in [9.17, 15) is 4.79 Å². The van der Waals surface area contributed by atoms with Crippen molar-refractivity contribution >= 4 is 5.97 Å². The molecule has 2 aromatic rings. The minimum atomic E-state index is -0.386. The van der Waals surface area contributed by atoms with E-state index in [1.54, 1.807) is 18.2 Å². The first-order valence-electron chi connectivity index (χ1n) is 14.3. The third kappa shape index (κ3) is 12.1. The van der Waals surface area contributed by atoms with Crippen LogP contribution in [0.25, 0.3) is 0 Å². The van der Waals surface area contributed by atoms with Crippen molar-refractivity contribution in [2.75, 3.05) is 13.2 Å². The minimum Gasteiger partial charge on any atom is -0.490 e. The summed E-state index contributed by atoms with van der Waals surface area (Å²) >= 11 is 0. The summed E-state index contributed by atoms with van der Waals surface area (Å²) in [7, 11) is 0. The van der Waals surface area contributed by atoms with Crippen LogP contribution in [0.4, 0.5) is 0 Å². The van der Waals surface area contributed by atoms with Gasteiger partial charge in [0, 0.05) is 6.61 Å². The summed E-state index contributed by atoms with van der Waals surface area (Å²) in [6.07, 6.45) is 17.2. The number of ether oxygens (including phenoxy) is 3. The molecule has 0 N–H and O–H groups in total. The molecule has 2 rings (SSSR count). The van der Waals surface area contributed by atoms with Gasteiger partial charge in [-0.15, -0.1) is 0 Å². The third-order valence-electron chi connectivity index (χ3n) is 6.59. The second-order valence-electron chi connectivity index (χ2n) is 9.65. The predicted octanol–water partition coefficient (Wildman–Crippen LogP) is 9.47. The van der Waals surface area contributed by atoms with Crippen molar-refractivity contribution < 1.29 is 19.0 Å². The van der Waals surface area contributed by atoms with Gasteiger partial charge in [-0.1, -0.05) is 108 Å². The van der Waals surface area contributed by atoms with E-state index in [1.807, 2.05) is 44.2 Å². The van der Waals surface area contributed by atoms with Gasteiger partial charge in [0.2, 0.25) is 0 Å². The number of para-hydroxylation sites is 2. The van der Waals surface area contributed by atoms with Crippen molar-refractivity contribution in [1.29, 1.82) is 0 Å². The van der Waals surface area contributed by atoms with E-state index in [4.69, 9.17) is 14.2 Å². The summed E-state index contributed by atoms with van der Waals surface area (Å²) in [5.41, 5.74) is 1.55. The van der Waals surface area contributed by atoms with Gasteiger partial charge in [0.25, 0.3) is 0 Å². The van der Waals surface area contributed by atoms with Crippen molar-refractivity contribution in [2.24, 2.45) is 0 Å². The van der Waals surface area contributed by atoms with Gasteiger partial charge in [-0.25, -0.2) is 4.79 Å². The lowest BCUT2D eigenvalue weighted by Crippen LogP contribution is -2.10. The van der Waals surface area contributed by atoms with Gasteiger partial charge in [-0.2, -0.15) is 0 Å². The van der Waals surface area contributed by atoms with Crippen LogP contribution >= 0.6 is 0 Å². The molecule has 200 valence electrons. The Hall–Kier alpha value is -2.33. The molecular weight excluding hydrogens is 448 g/mol. The van der Waals surface area contributed by atoms with Gasteiger partial charge in [0.1, 0.15) is 0 Å². The quantitative estimate of drug-likeness (QED) is 0.104. The Kier molecular flexibility index (Phi) is 15.7. The second kappa shape index (κ2) is 18.9. The molecule has 0 saturated heterocycles. The van der Waals surface area contributed by atoms with Crippen LogP contribution in [0.1, 0.15) is 126 Å². The lowest BCUT2D eigenvalue weighted by Gasteiger charge is -2.13. The molecular formula is C32H48O4. The summed E-state index contributed by atoms with van der Waals surface area (Å²) < 4.78 is 17.2. The van der Waals surface area contributed by atoms with Gasteiger partial charge < -0.3 is 14.2 Å². The standard InChI is InChI=1S/C32H48O4/c1-4-6-7-8-9-10-11-12-13-14-15-16-19-26-35-30-20-17-18-21-31(30)36-32(33)29-24-22-28(23-25-29)27(3)34-5-2/h17-18,20-25,27H,4-16,19,26H2,1-3H3. The fraction of sp³-hybridized carbons (Fsp3) is 0.594. The topological polar surface area (TPSA) is 44.8 Å². The van der Waals surface area contributed by atoms with Gasteiger partial charge in [0.05, 0.1) is 18.3 Å². The largest absolute Gasteiger partial charge is 0.490 e. The zero-order valence-corrected chi connectivity index (χ0v) is 22.9. The van der Waals surface area contributed by atoms with E-state index in [0.717, 1.165) is 12.0 Å². The zero-order valence-electron chi connectivity index (χ0n) is 22.9. The maximum atomic E-state index is 12.7. The average molecular weight is 497 g/mol. The van der Waals surface area contributed by atoms with Gasteiger partial charge in [0.15, 0.2) is 11.5 Å². The second-order valence-corrected chi connectivity index (χ2v) is 9.65. The molecule has 4 heteroatoms. The highest BCUT2D eigenvalue weighted by atomic mass is 16.6. The SMILES string of the molecule is CCCCCCCCCCCCCCCOc1ccccc1OC(=O)c1ccc(C(C)OCC)cc1. The molecule has 0 fully saturated rings. The maximum absolute atomic E-state index is 12.7. The molecule has 0 saturated carbocycles. The van der Waals surface area contributed by atoms with E-state index < -0.39 is 0 Å². The van der Waals surface area contributed by atoms with Crippen LogP contribution in [0.3, 0.4) is 0 Å². The summed E-state index contributed by atoms with van der Waals surface area (Å²) in [6, 6.07) is 14.8. The van der Waals surface area contributed by atoms with Crippen molar-refractivity contribution in [3.05, 3.63) is 59.7 Å². The molecule has 1 atom stereocenters. The molecule has 36 heavy (non-hydrogen) atoms. The van der Waals surface area contributed by atoms with E-state index in [1.165, 1.54) is 77.0 Å². The highest BCUT2D eigenvalue weighted by molar-refractivity contribution is 5.91. The summed E-state index contributed by atoms with van der Waals surface area (Å²) in [4.78, 5) is 12.7. The highest BCUT2D eigenvalue weighted by Crippen LogP contribution is 2.28. The summed E-state index contributed by atoms with van der Waals surface area (Å²) in [5.74, 6) is 0.693. The Bertz CT molecular complexity index is 830. The normalized spacial score (nSPS) is 11.9. The van der Waals surface area contributed by atoms with Crippen molar-refractivity contribution in [2.45, 2.75) is 110 Å². The molecule has 0 aromatic heterocycles. The number of carbonyl (C=O) groups excluding carboxylic acids is 1. The Morgan fingerprint density at radius 3 is 1.78 bits per heavy atom. The van der Waals surface area contributed by atoms with Gasteiger partial charge in [-0.3, -0.25) is 0 Å². The van der Waals surface area contributed by atoms with Crippen LogP contribution in [-0.2, 0) is 4.74 Å². The molecule has 1 unspecified atom stereocenters. The van der Waals surface area contributed by atoms with Crippen LogP contribution in [0.2, 0.25) is 0 Å². The highest BCUT2D eigenvalue weighted by Gasteiger charge is 2.13. The van der Waals surface area contributed by atoms with Crippen LogP contribution < -0.4 is 9.47 Å². The monoisotopic (exact) mass is 496 g/mol. The van der Waals surface area contributed by atoms with E-state index >= 15 is 0 Å². The first-order valence-corrected chi connectivity index (χ1v) is 14.3. The Labute approximate surface area is 219 Å². The number of carbonyl (C=O) groups is 1. The maximum Gasteiger partial charge on any atom is 0.343 e. The molecule has 0 radical (unpaired) electrons. The number of hydrogen-bond donors (Lipinski definition) is 0. The Morgan fingerprint density at radius 2 is 1.22 bits per heavy atom.